The van der Waals surface area contributed by atoms with Crippen LogP contribution in [0, 0.1) is 0 Å². The maximum Gasteiger partial charge on any atom is 0.240 e. The number of benzene rings is 1. The zero-order chi connectivity index (χ0) is 13.4. The predicted molar refractivity (Wildman–Crippen MR) is 69.9 cm³/mol. The van der Waals surface area contributed by atoms with Crippen LogP contribution in [0.1, 0.15) is 19.8 Å². The Labute approximate surface area is 107 Å². The molecule has 100 valence electrons. The van der Waals surface area contributed by atoms with E-state index in [0.717, 1.165) is 12.8 Å². The molecule has 0 aliphatic carbocycles. The van der Waals surface area contributed by atoms with Crippen LogP contribution in [0.4, 0.5) is 5.69 Å². The smallest absolute Gasteiger partial charge is 0.240 e. The highest BCUT2D eigenvalue weighted by Crippen LogP contribution is 2.34. The van der Waals surface area contributed by atoms with Gasteiger partial charge in [-0.25, -0.2) is 13.6 Å². The summed E-state index contributed by atoms with van der Waals surface area (Å²) < 4.78 is 22.9. The summed E-state index contributed by atoms with van der Waals surface area (Å²) in [5.41, 5.74) is -0.124. The molecule has 1 aliphatic heterocycles. The molecule has 1 aliphatic rings. The molecule has 0 amide bonds. The van der Waals surface area contributed by atoms with E-state index in [1.165, 1.54) is 6.07 Å². The Bertz CT molecular complexity index is 536. The number of primary sulfonamides is 1. The van der Waals surface area contributed by atoms with Crippen LogP contribution >= 0.6 is 0 Å². The Morgan fingerprint density at radius 1 is 1.39 bits per heavy atom. The predicted octanol–water partition coefficient (Wildman–Crippen LogP) is 0.685. The maximum atomic E-state index is 11.5. The number of aliphatic hydroxyl groups is 1. The van der Waals surface area contributed by atoms with Crippen molar-refractivity contribution in [3.8, 4) is 0 Å². The molecule has 0 saturated carbocycles. The minimum atomic E-state index is -3.73. The molecular weight excluding hydrogens is 252 g/mol. The zero-order valence-corrected chi connectivity index (χ0v) is 11.2. The van der Waals surface area contributed by atoms with Crippen LogP contribution in [0.15, 0.2) is 29.2 Å². The van der Waals surface area contributed by atoms with Gasteiger partial charge < -0.3 is 10.0 Å². The molecule has 0 atom stereocenters. The van der Waals surface area contributed by atoms with Crippen LogP contribution in [0.2, 0.25) is 0 Å². The van der Waals surface area contributed by atoms with E-state index in [1.54, 1.807) is 18.2 Å². The van der Waals surface area contributed by atoms with E-state index < -0.39 is 15.6 Å². The van der Waals surface area contributed by atoms with E-state index in [9.17, 15) is 13.5 Å². The molecule has 2 rings (SSSR count). The molecule has 0 bridgehead atoms. The summed E-state index contributed by atoms with van der Waals surface area (Å²) in [7, 11) is -3.73. The molecule has 1 saturated heterocycles. The lowest BCUT2D eigenvalue weighted by Crippen LogP contribution is -2.62. The third kappa shape index (κ3) is 2.50. The Morgan fingerprint density at radius 3 is 2.56 bits per heavy atom. The van der Waals surface area contributed by atoms with Gasteiger partial charge >= 0.3 is 0 Å². The van der Waals surface area contributed by atoms with Crippen molar-refractivity contribution in [2.24, 2.45) is 5.14 Å². The zero-order valence-electron chi connectivity index (χ0n) is 10.3. The number of rotatable bonds is 4. The molecule has 18 heavy (non-hydrogen) atoms. The summed E-state index contributed by atoms with van der Waals surface area (Å²) >= 11 is 0. The molecule has 5 nitrogen and oxygen atoms in total. The monoisotopic (exact) mass is 270 g/mol. The largest absolute Gasteiger partial charge is 0.386 e. The first-order chi connectivity index (χ1) is 8.36. The molecule has 0 spiro atoms. The number of sulfonamides is 1. The van der Waals surface area contributed by atoms with Crippen LogP contribution in [-0.4, -0.2) is 32.2 Å². The fourth-order valence-corrected chi connectivity index (χ4v) is 3.17. The normalized spacial score (nSPS) is 18.5. The van der Waals surface area contributed by atoms with Crippen LogP contribution in [0.3, 0.4) is 0 Å². The number of hydrogen-bond acceptors (Lipinski definition) is 4. The Balaban J connectivity index is 2.23. The SMILES string of the molecule is CCCC1(O)CN(c2ccccc2S(N)(=O)=O)C1. The van der Waals surface area contributed by atoms with Gasteiger partial charge in [-0.1, -0.05) is 25.5 Å². The Morgan fingerprint density at radius 2 is 2.00 bits per heavy atom. The highest BCUT2D eigenvalue weighted by atomic mass is 32.2. The molecule has 1 fully saturated rings. The lowest BCUT2D eigenvalue weighted by Gasteiger charge is -2.48. The van der Waals surface area contributed by atoms with Gasteiger partial charge in [0.1, 0.15) is 4.90 Å². The van der Waals surface area contributed by atoms with Crippen molar-refractivity contribution in [2.75, 3.05) is 18.0 Å². The Kier molecular flexibility index (Phi) is 3.35. The summed E-state index contributed by atoms with van der Waals surface area (Å²) in [4.78, 5) is 1.96. The molecule has 1 aromatic rings. The van der Waals surface area contributed by atoms with Gasteiger partial charge in [0.2, 0.25) is 10.0 Å². The van der Waals surface area contributed by atoms with Gasteiger partial charge in [0.25, 0.3) is 0 Å². The van der Waals surface area contributed by atoms with Crippen LogP contribution in [-0.2, 0) is 10.0 Å². The number of nitrogens with two attached hydrogens (primary N) is 1. The van der Waals surface area contributed by atoms with E-state index in [2.05, 4.69) is 0 Å². The van der Waals surface area contributed by atoms with E-state index in [1.807, 2.05) is 11.8 Å². The minimum Gasteiger partial charge on any atom is -0.386 e. The summed E-state index contributed by atoms with van der Waals surface area (Å²) in [5.74, 6) is 0. The van der Waals surface area contributed by atoms with E-state index >= 15 is 0 Å². The minimum absolute atomic E-state index is 0.114. The van der Waals surface area contributed by atoms with Crippen molar-refractivity contribution >= 4 is 15.7 Å². The van der Waals surface area contributed by atoms with Crippen molar-refractivity contribution in [1.29, 1.82) is 0 Å². The molecule has 0 radical (unpaired) electrons. The molecule has 1 aromatic carbocycles. The second kappa shape index (κ2) is 4.53. The second-order valence-electron chi connectivity index (χ2n) is 4.84. The molecule has 6 heteroatoms. The Hall–Kier alpha value is -1.11. The first-order valence-electron chi connectivity index (χ1n) is 5.95. The van der Waals surface area contributed by atoms with Crippen LogP contribution < -0.4 is 10.0 Å². The first kappa shape index (κ1) is 13.3. The van der Waals surface area contributed by atoms with Crippen LogP contribution in [0.25, 0.3) is 0 Å². The second-order valence-corrected chi connectivity index (χ2v) is 6.37. The van der Waals surface area contributed by atoms with Crippen LogP contribution in [0.5, 0.6) is 0 Å². The highest BCUT2D eigenvalue weighted by Gasteiger charge is 2.41. The topological polar surface area (TPSA) is 83.6 Å². The van der Waals surface area contributed by atoms with Gasteiger partial charge in [-0.15, -0.1) is 0 Å². The molecule has 3 N–H and O–H groups in total. The van der Waals surface area contributed by atoms with Crippen molar-refractivity contribution in [1.82, 2.24) is 0 Å². The van der Waals surface area contributed by atoms with Gasteiger partial charge in [-0.05, 0) is 18.6 Å². The van der Waals surface area contributed by atoms with E-state index in [0.29, 0.717) is 18.8 Å². The fraction of sp³-hybridized carbons (Fsp3) is 0.500. The summed E-state index contributed by atoms with van der Waals surface area (Å²) in [6, 6.07) is 6.61. The van der Waals surface area contributed by atoms with E-state index in [4.69, 9.17) is 5.14 Å². The lowest BCUT2D eigenvalue weighted by atomic mass is 9.89. The molecule has 0 unspecified atom stereocenters. The average Bonchev–Trinajstić information content (AvgIpc) is 2.25. The average molecular weight is 270 g/mol. The maximum absolute atomic E-state index is 11.5. The standard InChI is InChI=1S/C12H18N2O3S/c1-2-7-12(15)8-14(9-12)10-5-3-4-6-11(10)18(13,16)17/h3-6,15H,2,7-9H2,1H3,(H2,13,16,17). The first-order valence-corrected chi connectivity index (χ1v) is 7.49. The quantitative estimate of drug-likeness (QED) is 0.843. The molecule has 0 aromatic heterocycles. The fourth-order valence-electron chi connectivity index (χ4n) is 2.42. The van der Waals surface area contributed by atoms with Crippen molar-refractivity contribution in [3.63, 3.8) is 0 Å². The van der Waals surface area contributed by atoms with Crippen molar-refractivity contribution < 1.29 is 13.5 Å². The number of anilines is 1. The lowest BCUT2D eigenvalue weighted by molar-refractivity contribution is 0.00310. The summed E-state index contributed by atoms with van der Waals surface area (Å²) in [6.45, 7) is 2.92. The number of para-hydroxylation sites is 1. The van der Waals surface area contributed by atoms with Gasteiger partial charge in [-0.3, -0.25) is 0 Å². The molecule has 1 heterocycles. The third-order valence-corrected chi connectivity index (χ3v) is 4.16. The van der Waals surface area contributed by atoms with E-state index in [-0.39, 0.29) is 4.90 Å². The summed E-state index contributed by atoms with van der Waals surface area (Å²) in [5, 5.41) is 15.3. The van der Waals surface area contributed by atoms with Crippen molar-refractivity contribution in [3.05, 3.63) is 24.3 Å². The third-order valence-electron chi connectivity index (χ3n) is 3.20. The van der Waals surface area contributed by atoms with Gasteiger partial charge in [0.15, 0.2) is 0 Å². The van der Waals surface area contributed by atoms with Gasteiger partial charge in [-0.2, -0.15) is 0 Å². The number of hydrogen-bond donors (Lipinski definition) is 2. The van der Waals surface area contributed by atoms with Gasteiger partial charge in [0.05, 0.1) is 11.3 Å². The van der Waals surface area contributed by atoms with Crippen molar-refractivity contribution in [2.45, 2.75) is 30.3 Å². The molecular formula is C12H18N2O3S. The highest BCUT2D eigenvalue weighted by molar-refractivity contribution is 7.89. The summed E-state index contributed by atoms with van der Waals surface area (Å²) in [6.07, 6.45) is 1.63. The van der Waals surface area contributed by atoms with Gasteiger partial charge in [0, 0.05) is 13.1 Å². The number of β-amino-alcohol motifs (C(OH)–C–C–N with tert-alkyl or cyclic N) is 1. The number of nitrogens with zero attached hydrogens (tertiary/aromatic N) is 1.